The summed E-state index contributed by atoms with van der Waals surface area (Å²) in [6.45, 7) is 16.1. The third-order valence-electron chi connectivity index (χ3n) is 17.0. The van der Waals surface area contributed by atoms with Crippen LogP contribution in [0.2, 0.25) is 0 Å². The van der Waals surface area contributed by atoms with Crippen LogP contribution in [-0.2, 0) is 0 Å². The van der Waals surface area contributed by atoms with Gasteiger partial charge in [-0.1, -0.05) is 107 Å². The van der Waals surface area contributed by atoms with Gasteiger partial charge < -0.3 is 35.5 Å². The summed E-state index contributed by atoms with van der Waals surface area (Å²) in [6.07, 6.45) is 12.5. The third-order valence-corrected chi connectivity index (χ3v) is 17.0. The van der Waals surface area contributed by atoms with Crippen molar-refractivity contribution in [3.63, 3.8) is 0 Å². The molecular weight excluding hydrogens is 1160 g/mol. The summed E-state index contributed by atoms with van der Waals surface area (Å²) in [6, 6.07) is 39.9. The minimum absolute atomic E-state index is 0. The van der Waals surface area contributed by atoms with Crippen LogP contribution in [0.5, 0.6) is 0 Å². The van der Waals surface area contributed by atoms with E-state index in [0.29, 0.717) is 34.4 Å². The highest BCUT2D eigenvalue weighted by atomic mass is 16.1. The molecular formula is C72H78N18O3. The molecule has 1 saturated carbocycles. The number of benzene rings is 5. The molecule has 0 aliphatic heterocycles. The number of aryl methyl sites for hydroxylation is 5. The van der Waals surface area contributed by atoms with Crippen molar-refractivity contribution < 1.29 is 0 Å². The van der Waals surface area contributed by atoms with Crippen LogP contribution in [-0.4, -0.2) is 73.5 Å². The van der Waals surface area contributed by atoms with E-state index < -0.39 is 0 Å². The van der Waals surface area contributed by atoms with Gasteiger partial charge in [-0.05, 0) is 155 Å². The smallest absolute Gasteiger partial charge is 0.263 e. The highest BCUT2D eigenvalue weighted by molar-refractivity contribution is 5.89. The van der Waals surface area contributed by atoms with E-state index in [1.165, 1.54) is 25.4 Å². The molecule has 3 atom stereocenters. The van der Waals surface area contributed by atoms with Crippen molar-refractivity contribution in [3.8, 4) is 11.4 Å². The molecule has 1 fully saturated rings. The van der Waals surface area contributed by atoms with E-state index in [1.54, 1.807) is 23.5 Å². The van der Waals surface area contributed by atoms with Crippen LogP contribution in [0.4, 0.5) is 17.5 Å². The van der Waals surface area contributed by atoms with Gasteiger partial charge in [-0.25, -0.2) is 44.9 Å². The summed E-state index contributed by atoms with van der Waals surface area (Å²) in [5.74, 6) is 1.97. The number of hydrogen-bond acceptors (Lipinski definition) is 15. The zero-order valence-corrected chi connectivity index (χ0v) is 51.0. The van der Waals surface area contributed by atoms with E-state index in [2.05, 4.69) is 101 Å². The van der Waals surface area contributed by atoms with Gasteiger partial charge in [0, 0.05) is 28.8 Å². The van der Waals surface area contributed by atoms with Crippen LogP contribution in [0, 0.1) is 34.6 Å². The Morgan fingerprint density at radius 1 is 0.430 bits per heavy atom. The fourth-order valence-corrected chi connectivity index (χ4v) is 12.2. The normalized spacial score (nSPS) is 12.9. The molecule has 1 aliphatic carbocycles. The van der Waals surface area contributed by atoms with Gasteiger partial charge in [0.25, 0.3) is 16.7 Å². The zero-order valence-electron chi connectivity index (χ0n) is 51.0. The Balaban J connectivity index is 0.000000150. The summed E-state index contributed by atoms with van der Waals surface area (Å²) in [5.41, 5.74) is 13.6. The summed E-state index contributed by atoms with van der Waals surface area (Å²) in [7, 11) is 0. The Hall–Kier alpha value is -11.2. The average molecular weight is 1240 g/mol. The highest BCUT2D eigenvalue weighted by Crippen LogP contribution is 2.36. The zero-order chi connectivity index (χ0) is 62.3. The summed E-state index contributed by atoms with van der Waals surface area (Å²) >= 11 is 0. The highest BCUT2D eigenvalue weighted by Gasteiger charge is 2.28. The number of para-hydroxylation sites is 1. The van der Waals surface area contributed by atoms with Crippen molar-refractivity contribution in [2.75, 3.05) is 16.0 Å². The molecule has 1 aliphatic rings. The molecule has 9 aromatic heterocycles. The van der Waals surface area contributed by atoms with Crippen LogP contribution in [0.1, 0.15) is 131 Å². The SMILES string of the molecule is C.C.C.Cc1cccc(-n2c(C(C)Nc3ncnc4nc[nH]c34)cc3cccc(C)c3c2=O)c1.Cc1cccc2cc(C(C)Nc3ncnc4nc[nH]c34)n(C3CCC3)c(=O)c12.Cc1ccccc1-n1c(C(C)Nc2ncnc3nc[nH]c23)cc2cccc(C)c2c1=O. The topological polar surface area (TPSA) is 265 Å². The van der Waals surface area contributed by atoms with Crippen LogP contribution >= 0.6 is 0 Å². The second-order valence-electron chi connectivity index (χ2n) is 23.1. The molecule has 15 rings (SSSR count). The number of H-pyrrole nitrogens is 3. The maximum Gasteiger partial charge on any atom is 0.263 e. The fourth-order valence-electron chi connectivity index (χ4n) is 12.2. The Morgan fingerprint density at radius 2 is 0.828 bits per heavy atom. The van der Waals surface area contributed by atoms with Gasteiger partial charge in [0.2, 0.25) is 0 Å². The van der Waals surface area contributed by atoms with Crippen LogP contribution in [0.3, 0.4) is 0 Å². The van der Waals surface area contributed by atoms with Gasteiger partial charge in [-0.2, -0.15) is 0 Å². The van der Waals surface area contributed by atoms with Crippen LogP contribution in [0.15, 0.2) is 174 Å². The number of hydrogen-bond donors (Lipinski definition) is 6. The lowest BCUT2D eigenvalue weighted by Crippen LogP contribution is -2.33. The quantitative estimate of drug-likeness (QED) is 0.0664. The summed E-state index contributed by atoms with van der Waals surface area (Å²) in [4.78, 5) is 88.4. The first-order valence-corrected chi connectivity index (χ1v) is 30.0. The molecule has 93 heavy (non-hydrogen) atoms. The van der Waals surface area contributed by atoms with Gasteiger partial charge in [-0.3, -0.25) is 23.5 Å². The molecule has 5 aromatic carbocycles. The third kappa shape index (κ3) is 12.3. The maximum absolute atomic E-state index is 13.7. The molecule has 474 valence electrons. The van der Waals surface area contributed by atoms with Crippen molar-refractivity contribution >= 4 is 83.3 Å². The fraction of sp³-hybridized carbons (Fsp3) is 0.250. The molecule has 0 saturated heterocycles. The number of fused-ring (bicyclic) bond motifs is 6. The molecule has 0 spiro atoms. The predicted octanol–water partition coefficient (Wildman–Crippen LogP) is 14.7. The Morgan fingerprint density at radius 3 is 1.27 bits per heavy atom. The van der Waals surface area contributed by atoms with Crippen molar-refractivity contribution in [3.05, 3.63) is 235 Å². The molecule has 14 aromatic rings. The summed E-state index contributed by atoms with van der Waals surface area (Å²) < 4.78 is 5.61. The van der Waals surface area contributed by atoms with E-state index in [4.69, 9.17) is 0 Å². The van der Waals surface area contributed by atoms with Crippen molar-refractivity contribution in [2.45, 2.75) is 121 Å². The first-order chi connectivity index (χ1) is 43.7. The minimum Gasteiger partial charge on any atom is -0.360 e. The lowest BCUT2D eigenvalue weighted by Gasteiger charge is -2.32. The number of imidazole rings is 3. The lowest BCUT2D eigenvalue weighted by molar-refractivity contribution is 0.298. The number of nitrogens with one attached hydrogen (secondary N) is 6. The monoisotopic (exact) mass is 1240 g/mol. The molecule has 3 unspecified atom stereocenters. The molecule has 0 amide bonds. The number of nitrogens with zero attached hydrogens (tertiary/aromatic N) is 12. The molecule has 21 nitrogen and oxygen atoms in total. The molecule has 6 N–H and O–H groups in total. The van der Waals surface area contributed by atoms with E-state index in [0.717, 1.165) is 118 Å². The number of pyridine rings is 3. The Labute approximate surface area is 538 Å². The number of anilines is 3. The number of aromatic amines is 3. The number of rotatable bonds is 12. The van der Waals surface area contributed by atoms with Crippen molar-refractivity contribution in [1.29, 1.82) is 0 Å². The Kier molecular flexibility index (Phi) is 18.9. The first-order valence-electron chi connectivity index (χ1n) is 30.0. The second-order valence-corrected chi connectivity index (χ2v) is 23.1. The Bertz CT molecular complexity index is 5230. The summed E-state index contributed by atoms with van der Waals surface area (Å²) in [5, 5.41) is 15.5. The van der Waals surface area contributed by atoms with Gasteiger partial charge in [0.05, 0.1) is 59.0 Å². The number of aromatic nitrogens is 15. The van der Waals surface area contributed by atoms with Gasteiger partial charge in [0.1, 0.15) is 35.5 Å². The van der Waals surface area contributed by atoms with E-state index >= 15 is 0 Å². The van der Waals surface area contributed by atoms with Crippen LogP contribution < -0.4 is 32.6 Å². The van der Waals surface area contributed by atoms with Crippen molar-refractivity contribution in [2.24, 2.45) is 0 Å². The van der Waals surface area contributed by atoms with E-state index in [9.17, 15) is 14.4 Å². The average Bonchev–Trinajstić information content (AvgIpc) is 1.62. The molecule has 21 heteroatoms. The van der Waals surface area contributed by atoms with Crippen LogP contribution in [0.25, 0.3) is 77.2 Å². The molecule has 9 heterocycles. The molecule has 0 bridgehead atoms. The molecule has 0 radical (unpaired) electrons. The first kappa shape index (κ1) is 64.8. The lowest BCUT2D eigenvalue weighted by atomic mass is 9.91. The van der Waals surface area contributed by atoms with Crippen molar-refractivity contribution in [1.82, 2.24) is 73.5 Å². The second kappa shape index (κ2) is 27.1. The predicted molar refractivity (Wildman–Crippen MR) is 375 cm³/mol. The van der Waals surface area contributed by atoms with Gasteiger partial charge in [-0.15, -0.1) is 0 Å². The van der Waals surface area contributed by atoms with E-state index in [1.807, 2.05) is 161 Å². The maximum atomic E-state index is 13.7. The minimum atomic E-state index is -0.210. The largest absolute Gasteiger partial charge is 0.360 e. The standard InChI is InChI=1S/2C24H22N6O.C21H22N6O.3CH4/c1-14-6-4-9-18(10-14)30-19(11-17-8-5-7-15(2)20(17)24(30)31)16(3)29-23-21-22(26-12-25-21)27-13-28-23;1-14-7-4-5-10-18(14)30-19(11-17-9-6-8-15(2)20(17)24(30)31)16(3)29-23-21-22(26-12-25-21)27-13-28-23;1-12-5-3-6-14-9-16(27(15-7-4-8-15)21(28)17(12)14)13(2)26-20-18-19(23-10-22-18)24-11-25-20;;;/h2*4-13,16H,1-3H3,(H2,25,26,27,28,29);3,5-6,9-11,13,15H,4,7-8H2,1-2H3,(H2,22,23,24,25,26);3*1H4. The van der Waals surface area contributed by atoms with E-state index in [-0.39, 0.29) is 63.1 Å². The van der Waals surface area contributed by atoms with Gasteiger partial charge >= 0.3 is 0 Å². The van der Waals surface area contributed by atoms with Gasteiger partial charge in [0.15, 0.2) is 34.4 Å².